The van der Waals surface area contributed by atoms with Gasteiger partial charge in [0.2, 0.25) is 0 Å². The van der Waals surface area contributed by atoms with Crippen molar-refractivity contribution < 1.29 is 4.57 Å². The summed E-state index contributed by atoms with van der Waals surface area (Å²) in [6.07, 6.45) is 2.11. The summed E-state index contributed by atoms with van der Waals surface area (Å²) in [6.45, 7) is 2.26. The lowest BCUT2D eigenvalue weighted by Gasteiger charge is -1.96. The van der Waals surface area contributed by atoms with Crippen molar-refractivity contribution in [3.05, 3.63) is 30.1 Å². The minimum absolute atomic E-state index is 0.709. The molecule has 2 heteroatoms. The Labute approximate surface area is 68.3 Å². The van der Waals surface area contributed by atoms with Gasteiger partial charge in [0.25, 0.3) is 0 Å². The fourth-order valence-electron chi connectivity index (χ4n) is 1.51. The van der Waals surface area contributed by atoms with Crippen molar-refractivity contribution in [2.45, 2.75) is 18.6 Å². The first-order valence-electron chi connectivity index (χ1n) is 4.08. The molecule has 0 aromatic carbocycles. The third-order valence-electron chi connectivity index (χ3n) is 2.37. The van der Waals surface area contributed by atoms with E-state index in [9.17, 15) is 0 Å². The zero-order valence-electron chi connectivity index (χ0n) is 6.99. The number of hydrogen-bond donors (Lipinski definition) is 0. The van der Waals surface area contributed by atoms with Crippen LogP contribution in [0, 0.1) is 0 Å². The molecule has 0 saturated carbocycles. The van der Waals surface area contributed by atoms with Crippen LogP contribution in [0.5, 0.6) is 0 Å². The summed E-state index contributed by atoms with van der Waals surface area (Å²) in [5, 5.41) is 0. The summed E-state index contributed by atoms with van der Waals surface area (Å²) in [5.41, 5.74) is 1.43. The predicted molar refractivity (Wildman–Crippen MR) is 45.5 cm³/mol. The normalized spacial score (nSPS) is 27.8. The first-order chi connectivity index (χ1) is 5.29. The molecule has 55 valence electrons. The number of pyridine rings is 1. The molecule has 1 nitrogen and oxygen atoms in total. The van der Waals surface area contributed by atoms with Gasteiger partial charge in [0.05, 0.1) is 0 Å². The van der Waals surface area contributed by atoms with Crippen LogP contribution in [0.25, 0.3) is 0 Å². The Bertz CT molecular complexity index is 272. The number of aryl methyl sites for hydroxylation is 1. The van der Waals surface area contributed by atoms with Gasteiger partial charge in [-0.1, -0.05) is 18.8 Å². The zero-order valence-corrected chi connectivity index (χ0v) is 6.99. The molecule has 2 heterocycles. The molecule has 0 bridgehead atoms. The predicted octanol–water partition coefficient (Wildman–Crippen LogP) is 1.08. The molecule has 1 unspecified atom stereocenters. The molecule has 2 atom stereocenters. The van der Waals surface area contributed by atoms with Crippen LogP contribution in [-0.4, -0.2) is 7.28 Å². The number of rotatable bonds is 1. The Hall–Kier alpha value is -0.785. The summed E-state index contributed by atoms with van der Waals surface area (Å²) in [7, 11) is 4.48. The van der Waals surface area contributed by atoms with Gasteiger partial charge < -0.3 is 0 Å². The summed E-state index contributed by atoms with van der Waals surface area (Å²) in [5.74, 6) is 1.49. The van der Waals surface area contributed by atoms with Gasteiger partial charge in [0.1, 0.15) is 14.3 Å². The highest BCUT2D eigenvalue weighted by atomic mass is 14.9. The molecule has 1 aliphatic rings. The van der Waals surface area contributed by atoms with E-state index in [1.54, 1.807) is 0 Å². The maximum Gasteiger partial charge on any atom is 0.175 e. The fourth-order valence-corrected chi connectivity index (χ4v) is 1.51. The molecule has 11 heavy (non-hydrogen) atoms. The van der Waals surface area contributed by atoms with E-state index >= 15 is 0 Å². The van der Waals surface area contributed by atoms with Gasteiger partial charge in [-0.15, -0.1) is 0 Å². The van der Waals surface area contributed by atoms with Gasteiger partial charge in [-0.2, -0.15) is 0 Å². The summed E-state index contributed by atoms with van der Waals surface area (Å²) in [6, 6.07) is 6.37. The average molecular weight is 145 g/mol. The summed E-state index contributed by atoms with van der Waals surface area (Å²) >= 11 is 0. The van der Waals surface area contributed by atoms with Gasteiger partial charge in [-0.25, -0.2) is 4.57 Å². The molecule has 0 amide bonds. The third kappa shape index (κ3) is 1.17. The van der Waals surface area contributed by atoms with Crippen molar-refractivity contribution in [1.29, 1.82) is 0 Å². The van der Waals surface area contributed by atoms with Crippen LogP contribution >= 0.6 is 0 Å². The van der Waals surface area contributed by atoms with E-state index in [-0.39, 0.29) is 0 Å². The molecular formula is C9H12BN+. The van der Waals surface area contributed by atoms with E-state index in [2.05, 4.69) is 50.2 Å². The second-order valence-corrected chi connectivity index (χ2v) is 3.31. The Morgan fingerprint density at radius 1 is 1.45 bits per heavy atom. The van der Waals surface area contributed by atoms with E-state index < -0.39 is 0 Å². The van der Waals surface area contributed by atoms with E-state index in [1.165, 1.54) is 5.69 Å². The quantitative estimate of drug-likeness (QED) is 0.411. The molecule has 0 spiro atoms. The van der Waals surface area contributed by atoms with Gasteiger partial charge in [0, 0.05) is 17.9 Å². The summed E-state index contributed by atoms with van der Waals surface area (Å²) < 4.78 is 2.20. The summed E-state index contributed by atoms with van der Waals surface area (Å²) in [4.78, 5) is 0. The van der Waals surface area contributed by atoms with E-state index in [0.717, 1.165) is 5.82 Å². The van der Waals surface area contributed by atoms with Gasteiger partial charge >= 0.3 is 0 Å². The second-order valence-electron chi connectivity index (χ2n) is 3.31. The molecule has 1 saturated heterocycles. The zero-order chi connectivity index (χ0) is 7.84. The topological polar surface area (TPSA) is 3.88 Å². The molecule has 1 aromatic heterocycles. The Balaban J connectivity index is 2.31. The van der Waals surface area contributed by atoms with Gasteiger partial charge in [-0.05, 0) is 0 Å². The lowest BCUT2D eigenvalue weighted by molar-refractivity contribution is -0.679. The minimum atomic E-state index is 0.709. The molecule has 0 N–H and O–H groups in total. The van der Waals surface area contributed by atoms with Crippen LogP contribution in [0.1, 0.15) is 18.4 Å². The Kier molecular flexibility index (Phi) is 1.48. The van der Waals surface area contributed by atoms with Crippen LogP contribution in [0.15, 0.2) is 24.4 Å². The maximum absolute atomic E-state index is 2.37. The molecule has 1 aliphatic heterocycles. The standard InChI is InChI=1S/C9H12BN/c1-7-9(10-7)8-5-3-4-6-11(8)2/h3-7,9H,1-2H3/q+1/t7-,9?/m0/s1. The first-order valence-corrected chi connectivity index (χ1v) is 4.08. The van der Waals surface area contributed by atoms with Crippen molar-refractivity contribution in [3.63, 3.8) is 0 Å². The van der Waals surface area contributed by atoms with E-state index in [0.29, 0.717) is 5.82 Å². The highest BCUT2D eigenvalue weighted by molar-refractivity contribution is 6.53. The smallest absolute Gasteiger partial charge is 0.175 e. The van der Waals surface area contributed by atoms with Crippen molar-refractivity contribution in [1.82, 2.24) is 0 Å². The minimum Gasteiger partial charge on any atom is -0.206 e. The molecule has 1 fully saturated rings. The molecule has 0 aliphatic carbocycles. The van der Waals surface area contributed by atoms with Crippen molar-refractivity contribution in [2.24, 2.45) is 7.05 Å². The number of aromatic nitrogens is 1. The van der Waals surface area contributed by atoms with E-state index in [4.69, 9.17) is 0 Å². The van der Waals surface area contributed by atoms with E-state index in [1.807, 2.05) is 0 Å². The van der Waals surface area contributed by atoms with Crippen LogP contribution in [-0.2, 0) is 7.05 Å². The second kappa shape index (κ2) is 2.37. The lowest BCUT2D eigenvalue weighted by Crippen LogP contribution is -2.32. The number of hydrogen-bond acceptors (Lipinski definition) is 0. The van der Waals surface area contributed by atoms with Gasteiger partial charge in [-0.3, -0.25) is 0 Å². The highest BCUT2D eigenvalue weighted by Gasteiger charge is 2.40. The average Bonchev–Trinajstić information content (AvgIpc) is 2.68. The monoisotopic (exact) mass is 145 g/mol. The molecular weight excluding hydrogens is 133 g/mol. The first kappa shape index (κ1) is 6.90. The number of nitrogens with zero attached hydrogens (tertiary/aromatic N) is 1. The van der Waals surface area contributed by atoms with Crippen molar-refractivity contribution in [2.75, 3.05) is 0 Å². The van der Waals surface area contributed by atoms with Crippen LogP contribution < -0.4 is 4.57 Å². The highest BCUT2D eigenvalue weighted by Crippen LogP contribution is 2.41. The molecule has 1 aromatic rings. The Morgan fingerprint density at radius 2 is 2.18 bits per heavy atom. The Morgan fingerprint density at radius 3 is 2.73 bits per heavy atom. The fraction of sp³-hybridized carbons (Fsp3) is 0.444. The largest absolute Gasteiger partial charge is 0.206 e. The SMILES string of the molecule is C[C@@H]1[B]C1c1cccc[n+]1C. The van der Waals surface area contributed by atoms with Crippen molar-refractivity contribution in [3.8, 4) is 0 Å². The molecule has 1 radical (unpaired) electrons. The van der Waals surface area contributed by atoms with Crippen LogP contribution in [0.2, 0.25) is 5.82 Å². The van der Waals surface area contributed by atoms with Crippen LogP contribution in [0.3, 0.4) is 0 Å². The van der Waals surface area contributed by atoms with Crippen molar-refractivity contribution >= 4 is 7.28 Å². The lowest BCUT2D eigenvalue weighted by atomic mass is 9.98. The van der Waals surface area contributed by atoms with Crippen LogP contribution in [0.4, 0.5) is 0 Å². The maximum atomic E-state index is 2.37. The van der Waals surface area contributed by atoms with Gasteiger partial charge in [0.15, 0.2) is 11.9 Å². The molecule has 2 rings (SSSR count). The third-order valence-corrected chi connectivity index (χ3v) is 2.37.